The average molecular weight is 453 g/mol. The van der Waals surface area contributed by atoms with Gasteiger partial charge in [0.1, 0.15) is 6.04 Å². The highest BCUT2D eigenvalue weighted by molar-refractivity contribution is 7.99. The van der Waals surface area contributed by atoms with Crippen LogP contribution in [0.1, 0.15) is 30.9 Å². The molecule has 156 valence electrons. The van der Waals surface area contributed by atoms with E-state index in [1.807, 2.05) is 19.9 Å². The van der Waals surface area contributed by atoms with Crippen LogP contribution >= 0.6 is 35.0 Å². The Labute approximate surface area is 187 Å². The van der Waals surface area contributed by atoms with Gasteiger partial charge in [-0.2, -0.15) is 0 Å². The molecule has 0 bridgehead atoms. The van der Waals surface area contributed by atoms with E-state index < -0.39 is 6.04 Å². The fraction of sp³-hybridized carbons (Fsp3) is 0.364. The molecule has 0 unspecified atom stereocenters. The summed E-state index contributed by atoms with van der Waals surface area (Å²) in [5, 5.41) is 3.55. The van der Waals surface area contributed by atoms with Crippen LogP contribution in [0.15, 0.2) is 47.4 Å². The monoisotopic (exact) mass is 452 g/mol. The summed E-state index contributed by atoms with van der Waals surface area (Å²) in [5.74, 6) is 0.405. The van der Waals surface area contributed by atoms with Crippen LogP contribution in [0.4, 0.5) is 0 Å². The van der Waals surface area contributed by atoms with Gasteiger partial charge in [-0.25, -0.2) is 0 Å². The molecule has 0 spiro atoms. The molecule has 2 amide bonds. The molecule has 0 aromatic heterocycles. The molecular weight excluding hydrogens is 427 g/mol. The van der Waals surface area contributed by atoms with Gasteiger partial charge in [0.15, 0.2) is 0 Å². The molecule has 1 N–H and O–H groups in total. The lowest BCUT2D eigenvalue weighted by Gasteiger charge is -2.30. The van der Waals surface area contributed by atoms with Gasteiger partial charge in [0.25, 0.3) is 0 Å². The van der Waals surface area contributed by atoms with Crippen molar-refractivity contribution in [1.29, 1.82) is 0 Å². The van der Waals surface area contributed by atoms with Gasteiger partial charge in [0, 0.05) is 30.7 Å². The summed E-state index contributed by atoms with van der Waals surface area (Å²) in [6, 6.07) is 12.9. The largest absolute Gasteiger partial charge is 0.357 e. The normalized spacial score (nSPS) is 11.8. The number of thioether (sulfide) groups is 1. The van der Waals surface area contributed by atoms with Crippen molar-refractivity contribution in [1.82, 2.24) is 10.2 Å². The van der Waals surface area contributed by atoms with Crippen molar-refractivity contribution in [3.63, 3.8) is 0 Å². The van der Waals surface area contributed by atoms with Gasteiger partial charge in [0.05, 0.1) is 10.0 Å². The van der Waals surface area contributed by atoms with E-state index in [2.05, 4.69) is 29.6 Å². The van der Waals surface area contributed by atoms with E-state index in [0.29, 0.717) is 35.2 Å². The van der Waals surface area contributed by atoms with E-state index in [1.165, 1.54) is 5.56 Å². The van der Waals surface area contributed by atoms with Crippen LogP contribution in [0, 0.1) is 6.92 Å². The predicted octanol–water partition coefficient (Wildman–Crippen LogP) is 5.34. The molecule has 2 aromatic carbocycles. The number of carbonyl (C=O) groups is 2. The summed E-state index contributed by atoms with van der Waals surface area (Å²) in [5.41, 5.74) is 2.04. The smallest absolute Gasteiger partial charge is 0.242 e. The summed E-state index contributed by atoms with van der Waals surface area (Å²) in [7, 11) is 1.58. The van der Waals surface area contributed by atoms with Crippen molar-refractivity contribution in [2.75, 3.05) is 12.8 Å². The third-order valence-corrected chi connectivity index (χ3v) is 6.33. The molecule has 0 aliphatic carbocycles. The van der Waals surface area contributed by atoms with Gasteiger partial charge in [0.2, 0.25) is 11.8 Å². The highest BCUT2D eigenvalue weighted by Crippen LogP contribution is 2.25. The lowest BCUT2D eigenvalue weighted by Crippen LogP contribution is -2.48. The summed E-state index contributed by atoms with van der Waals surface area (Å²) < 4.78 is 0. The van der Waals surface area contributed by atoms with Gasteiger partial charge in [-0.3, -0.25) is 9.59 Å². The second kappa shape index (κ2) is 11.5. The van der Waals surface area contributed by atoms with E-state index in [-0.39, 0.29) is 11.8 Å². The Bertz CT molecular complexity index is 843. The topological polar surface area (TPSA) is 49.4 Å². The van der Waals surface area contributed by atoms with Crippen LogP contribution in [0.3, 0.4) is 0 Å². The highest BCUT2D eigenvalue weighted by atomic mass is 35.5. The zero-order chi connectivity index (χ0) is 21.4. The molecule has 0 aliphatic rings. The molecule has 29 heavy (non-hydrogen) atoms. The Morgan fingerprint density at radius 1 is 1.10 bits per heavy atom. The molecule has 2 aromatic rings. The third kappa shape index (κ3) is 6.95. The number of benzene rings is 2. The van der Waals surface area contributed by atoms with Crippen molar-refractivity contribution in [3.05, 3.63) is 63.6 Å². The number of hydrogen-bond acceptors (Lipinski definition) is 3. The van der Waals surface area contributed by atoms with E-state index >= 15 is 0 Å². The van der Waals surface area contributed by atoms with Crippen LogP contribution in [0.5, 0.6) is 0 Å². The van der Waals surface area contributed by atoms with Crippen LogP contribution in [-0.2, 0) is 16.1 Å². The van der Waals surface area contributed by atoms with Crippen molar-refractivity contribution in [3.8, 4) is 0 Å². The number of carbonyl (C=O) groups excluding carboxylic acids is 2. The first-order chi connectivity index (χ1) is 13.8. The van der Waals surface area contributed by atoms with Crippen molar-refractivity contribution in [2.24, 2.45) is 0 Å². The van der Waals surface area contributed by atoms with Gasteiger partial charge < -0.3 is 10.2 Å². The van der Waals surface area contributed by atoms with Crippen LogP contribution in [0.2, 0.25) is 10.0 Å². The second-order valence-electron chi connectivity index (χ2n) is 6.72. The molecule has 0 aliphatic heterocycles. The molecule has 0 saturated carbocycles. The molecular formula is C22H26Cl2N2O2S. The van der Waals surface area contributed by atoms with Gasteiger partial charge in [-0.1, -0.05) is 53.9 Å². The molecule has 0 fully saturated rings. The fourth-order valence-corrected chi connectivity index (χ4v) is 4.12. The number of rotatable bonds is 9. The predicted molar refractivity (Wildman–Crippen MR) is 122 cm³/mol. The van der Waals surface area contributed by atoms with E-state index in [4.69, 9.17) is 23.2 Å². The molecule has 0 heterocycles. The molecule has 0 radical (unpaired) electrons. The molecule has 2 rings (SSSR count). The SMILES string of the molecule is CC[C@H](C(=O)NC)N(Cc1ccc(Cl)c(Cl)c1)C(=O)CCSc1ccc(C)cc1. The minimum Gasteiger partial charge on any atom is -0.357 e. The Hall–Kier alpha value is -1.69. The number of nitrogens with zero attached hydrogens (tertiary/aromatic N) is 1. The zero-order valence-corrected chi connectivity index (χ0v) is 19.2. The van der Waals surface area contributed by atoms with Gasteiger partial charge >= 0.3 is 0 Å². The van der Waals surface area contributed by atoms with Gasteiger partial charge in [-0.05, 0) is 43.2 Å². The second-order valence-corrected chi connectivity index (χ2v) is 8.70. The quantitative estimate of drug-likeness (QED) is 0.522. The van der Waals surface area contributed by atoms with Crippen molar-refractivity contribution >= 4 is 46.8 Å². The van der Waals surface area contributed by atoms with Crippen LogP contribution in [0.25, 0.3) is 0 Å². The third-order valence-electron chi connectivity index (χ3n) is 4.57. The van der Waals surface area contributed by atoms with Crippen LogP contribution in [-0.4, -0.2) is 35.6 Å². The maximum absolute atomic E-state index is 13.0. The standard InChI is InChI=1S/C22H26Cl2N2O2S/c1-4-20(22(28)25-3)26(14-16-7-10-18(23)19(24)13-16)21(27)11-12-29-17-8-5-15(2)6-9-17/h5-10,13,20H,4,11-12,14H2,1-3H3,(H,25,28)/t20-/m1/s1. The first-order valence-electron chi connectivity index (χ1n) is 9.50. The summed E-state index contributed by atoms with van der Waals surface area (Å²) in [4.78, 5) is 28.2. The Morgan fingerprint density at radius 3 is 2.38 bits per heavy atom. The number of hydrogen-bond donors (Lipinski definition) is 1. The van der Waals surface area contributed by atoms with Crippen molar-refractivity contribution in [2.45, 2.75) is 44.2 Å². The highest BCUT2D eigenvalue weighted by Gasteiger charge is 2.27. The Balaban J connectivity index is 2.11. The summed E-state index contributed by atoms with van der Waals surface area (Å²) in [6.45, 7) is 4.25. The molecule has 7 heteroatoms. The summed E-state index contributed by atoms with van der Waals surface area (Å²) in [6.07, 6.45) is 0.866. The van der Waals surface area contributed by atoms with Gasteiger partial charge in [-0.15, -0.1) is 11.8 Å². The summed E-state index contributed by atoms with van der Waals surface area (Å²) >= 11 is 13.8. The van der Waals surface area contributed by atoms with Crippen molar-refractivity contribution < 1.29 is 9.59 Å². The minimum atomic E-state index is -0.536. The Morgan fingerprint density at radius 2 is 1.79 bits per heavy atom. The van der Waals surface area contributed by atoms with E-state index in [9.17, 15) is 9.59 Å². The number of nitrogens with one attached hydrogen (secondary N) is 1. The zero-order valence-electron chi connectivity index (χ0n) is 16.9. The first kappa shape index (κ1) is 23.6. The first-order valence-corrected chi connectivity index (χ1v) is 11.2. The van der Waals surface area contributed by atoms with E-state index in [0.717, 1.165) is 10.5 Å². The Kier molecular flexibility index (Phi) is 9.34. The maximum atomic E-state index is 13.0. The fourth-order valence-electron chi connectivity index (χ4n) is 2.96. The number of halogens is 2. The van der Waals surface area contributed by atoms with Crippen LogP contribution < -0.4 is 5.32 Å². The molecule has 1 atom stereocenters. The van der Waals surface area contributed by atoms with E-state index in [1.54, 1.807) is 35.8 Å². The molecule has 0 saturated heterocycles. The minimum absolute atomic E-state index is 0.0638. The lowest BCUT2D eigenvalue weighted by molar-refractivity contribution is -0.140. The average Bonchev–Trinajstić information content (AvgIpc) is 2.71. The lowest BCUT2D eigenvalue weighted by atomic mass is 10.1. The maximum Gasteiger partial charge on any atom is 0.242 e. The number of aryl methyl sites for hydroxylation is 1. The molecule has 4 nitrogen and oxygen atoms in total. The number of amides is 2. The number of likely N-dealkylation sites (N-methyl/N-ethyl adjacent to an activating group) is 1.